The van der Waals surface area contributed by atoms with E-state index in [1.807, 2.05) is 32.0 Å². The number of rotatable bonds is 7. The fraction of sp³-hybridized carbons (Fsp3) is 0.300. The first-order valence-electron chi connectivity index (χ1n) is 8.27. The van der Waals surface area contributed by atoms with Gasteiger partial charge in [0.25, 0.3) is 5.91 Å². The van der Waals surface area contributed by atoms with E-state index in [-0.39, 0.29) is 18.4 Å². The van der Waals surface area contributed by atoms with Gasteiger partial charge < -0.3 is 10.6 Å². The lowest BCUT2D eigenvalue weighted by molar-refractivity contribution is -0.120. The summed E-state index contributed by atoms with van der Waals surface area (Å²) in [6.07, 6.45) is 0. The molecule has 2 aromatic carbocycles. The number of amides is 2. The molecule has 0 spiro atoms. The summed E-state index contributed by atoms with van der Waals surface area (Å²) in [7, 11) is 0. The molecular weight excluding hydrogens is 332 g/mol. The van der Waals surface area contributed by atoms with Gasteiger partial charge in [-0.2, -0.15) is 0 Å². The lowest BCUT2D eigenvalue weighted by atomic mass is 10.1. The van der Waals surface area contributed by atoms with Crippen LogP contribution in [0.2, 0.25) is 0 Å². The topological polar surface area (TPSA) is 58.2 Å². The van der Waals surface area contributed by atoms with Gasteiger partial charge in [0.1, 0.15) is 0 Å². The Kier molecular flexibility index (Phi) is 7.07. The van der Waals surface area contributed by atoms with Crippen LogP contribution in [-0.4, -0.2) is 30.7 Å². The summed E-state index contributed by atoms with van der Waals surface area (Å²) in [4.78, 5) is 25.1. The molecule has 132 valence electrons. The van der Waals surface area contributed by atoms with Crippen LogP contribution in [0, 0.1) is 20.8 Å². The van der Waals surface area contributed by atoms with Gasteiger partial charge in [0.2, 0.25) is 5.91 Å². The van der Waals surface area contributed by atoms with Crippen LogP contribution in [-0.2, 0) is 4.79 Å². The third-order valence-electron chi connectivity index (χ3n) is 3.61. The maximum Gasteiger partial charge on any atom is 0.251 e. The van der Waals surface area contributed by atoms with E-state index in [2.05, 4.69) is 41.8 Å². The quantitative estimate of drug-likeness (QED) is 0.591. The first kappa shape index (κ1) is 19.1. The smallest absolute Gasteiger partial charge is 0.251 e. The van der Waals surface area contributed by atoms with Gasteiger partial charge in [-0.15, -0.1) is 11.8 Å². The summed E-state index contributed by atoms with van der Waals surface area (Å²) in [5.74, 6) is 0.387. The summed E-state index contributed by atoms with van der Waals surface area (Å²) in [5.41, 5.74) is 3.88. The van der Waals surface area contributed by atoms with Gasteiger partial charge in [-0.05, 0) is 45.0 Å². The summed E-state index contributed by atoms with van der Waals surface area (Å²) < 4.78 is 0. The number of nitrogens with one attached hydrogen (secondary N) is 2. The van der Waals surface area contributed by atoms with E-state index in [0.29, 0.717) is 12.1 Å². The van der Waals surface area contributed by atoms with E-state index in [1.165, 1.54) is 10.5 Å². The van der Waals surface area contributed by atoms with Gasteiger partial charge in [-0.25, -0.2) is 0 Å². The third-order valence-corrected chi connectivity index (χ3v) is 4.62. The molecule has 0 aliphatic heterocycles. The van der Waals surface area contributed by atoms with Crippen molar-refractivity contribution in [3.8, 4) is 0 Å². The zero-order chi connectivity index (χ0) is 18.2. The SMILES string of the molecule is Cc1ccc(SCCNC(=O)CNC(=O)c2cc(C)cc(C)c2)cc1. The molecular formula is C20H24N2O2S. The van der Waals surface area contributed by atoms with Crippen molar-refractivity contribution >= 4 is 23.6 Å². The first-order chi connectivity index (χ1) is 11.9. The van der Waals surface area contributed by atoms with Gasteiger partial charge in [-0.1, -0.05) is 34.9 Å². The van der Waals surface area contributed by atoms with Crippen LogP contribution < -0.4 is 10.6 Å². The molecule has 0 aromatic heterocycles. The molecule has 0 fully saturated rings. The number of benzene rings is 2. The standard InChI is InChI=1S/C20H24N2O2S/c1-14-4-6-18(7-5-14)25-9-8-21-19(23)13-22-20(24)17-11-15(2)10-16(3)12-17/h4-7,10-12H,8-9,13H2,1-3H3,(H,21,23)(H,22,24). The van der Waals surface area contributed by atoms with Crippen molar-refractivity contribution < 1.29 is 9.59 Å². The van der Waals surface area contributed by atoms with Crippen LogP contribution in [0.4, 0.5) is 0 Å². The fourth-order valence-electron chi connectivity index (χ4n) is 2.42. The van der Waals surface area contributed by atoms with Gasteiger partial charge in [0.15, 0.2) is 0 Å². The second kappa shape index (κ2) is 9.28. The van der Waals surface area contributed by atoms with E-state index in [9.17, 15) is 9.59 Å². The molecule has 0 bridgehead atoms. The number of aryl methyl sites for hydroxylation is 3. The van der Waals surface area contributed by atoms with Crippen LogP contribution >= 0.6 is 11.8 Å². The Morgan fingerprint density at radius 1 is 0.880 bits per heavy atom. The summed E-state index contributed by atoms with van der Waals surface area (Å²) in [6, 6.07) is 13.9. The van der Waals surface area contributed by atoms with E-state index in [4.69, 9.17) is 0 Å². The minimum absolute atomic E-state index is 0.0129. The molecule has 0 radical (unpaired) electrons. The molecule has 2 rings (SSSR count). The highest BCUT2D eigenvalue weighted by Crippen LogP contribution is 2.17. The number of carbonyl (C=O) groups excluding carboxylic acids is 2. The fourth-order valence-corrected chi connectivity index (χ4v) is 3.19. The molecule has 0 aliphatic carbocycles. The van der Waals surface area contributed by atoms with Crippen molar-refractivity contribution in [2.24, 2.45) is 0 Å². The molecule has 25 heavy (non-hydrogen) atoms. The average Bonchev–Trinajstić information content (AvgIpc) is 2.57. The Bertz CT molecular complexity index is 722. The Labute approximate surface area is 153 Å². The predicted octanol–water partition coefficient (Wildman–Crippen LogP) is 3.25. The zero-order valence-electron chi connectivity index (χ0n) is 14.9. The highest BCUT2D eigenvalue weighted by atomic mass is 32.2. The lowest BCUT2D eigenvalue weighted by Gasteiger charge is -2.08. The average molecular weight is 356 g/mol. The number of hydrogen-bond donors (Lipinski definition) is 2. The molecule has 2 N–H and O–H groups in total. The molecule has 4 nitrogen and oxygen atoms in total. The van der Waals surface area contributed by atoms with E-state index >= 15 is 0 Å². The van der Waals surface area contributed by atoms with Crippen molar-refractivity contribution in [2.75, 3.05) is 18.8 Å². The van der Waals surface area contributed by atoms with Gasteiger partial charge in [-0.3, -0.25) is 9.59 Å². The molecule has 2 aromatic rings. The van der Waals surface area contributed by atoms with Crippen molar-refractivity contribution in [3.63, 3.8) is 0 Å². The third kappa shape index (κ3) is 6.63. The second-order valence-corrected chi connectivity index (χ2v) is 7.24. The minimum Gasteiger partial charge on any atom is -0.354 e. The minimum atomic E-state index is -0.226. The molecule has 5 heteroatoms. The molecule has 0 saturated heterocycles. The lowest BCUT2D eigenvalue weighted by Crippen LogP contribution is -2.37. The molecule has 0 unspecified atom stereocenters. The number of hydrogen-bond acceptors (Lipinski definition) is 3. The first-order valence-corrected chi connectivity index (χ1v) is 9.25. The second-order valence-electron chi connectivity index (χ2n) is 6.07. The summed E-state index contributed by atoms with van der Waals surface area (Å²) in [6.45, 7) is 6.50. The predicted molar refractivity (Wildman–Crippen MR) is 103 cm³/mol. The summed E-state index contributed by atoms with van der Waals surface area (Å²) >= 11 is 1.69. The van der Waals surface area contributed by atoms with Crippen LogP contribution in [0.1, 0.15) is 27.0 Å². The van der Waals surface area contributed by atoms with E-state index in [1.54, 1.807) is 11.8 Å². The van der Waals surface area contributed by atoms with Crippen LogP contribution in [0.5, 0.6) is 0 Å². The van der Waals surface area contributed by atoms with Crippen LogP contribution in [0.25, 0.3) is 0 Å². The maximum absolute atomic E-state index is 12.1. The van der Waals surface area contributed by atoms with Crippen molar-refractivity contribution in [1.29, 1.82) is 0 Å². The Balaban J connectivity index is 1.68. The monoisotopic (exact) mass is 356 g/mol. The number of thioether (sulfide) groups is 1. The van der Waals surface area contributed by atoms with Crippen LogP contribution in [0.15, 0.2) is 47.4 Å². The normalized spacial score (nSPS) is 10.4. The highest BCUT2D eigenvalue weighted by Gasteiger charge is 2.08. The van der Waals surface area contributed by atoms with Crippen LogP contribution in [0.3, 0.4) is 0 Å². The van der Waals surface area contributed by atoms with Crippen molar-refractivity contribution in [1.82, 2.24) is 10.6 Å². The van der Waals surface area contributed by atoms with Crippen molar-refractivity contribution in [3.05, 3.63) is 64.7 Å². The number of carbonyl (C=O) groups is 2. The highest BCUT2D eigenvalue weighted by molar-refractivity contribution is 7.99. The van der Waals surface area contributed by atoms with E-state index < -0.39 is 0 Å². The van der Waals surface area contributed by atoms with E-state index in [0.717, 1.165) is 16.9 Å². The molecule has 0 atom stereocenters. The summed E-state index contributed by atoms with van der Waals surface area (Å²) in [5, 5.41) is 5.48. The Morgan fingerprint density at radius 2 is 1.52 bits per heavy atom. The van der Waals surface area contributed by atoms with Crippen molar-refractivity contribution in [2.45, 2.75) is 25.7 Å². The molecule has 2 amide bonds. The molecule has 0 heterocycles. The zero-order valence-corrected chi connectivity index (χ0v) is 15.7. The largest absolute Gasteiger partial charge is 0.354 e. The Morgan fingerprint density at radius 3 is 2.16 bits per heavy atom. The molecule has 0 aliphatic rings. The van der Waals surface area contributed by atoms with Gasteiger partial charge in [0, 0.05) is 22.8 Å². The molecule has 0 saturated carbocycles. The maximum atomic E-state index is 12.1. The van der Waals surface area contributed by atoms with Gasteiger partial charge in [0.05, 0.1) is 6.54 Å². The Hall–Kier alpha value is -2.27. The van der Waals surface area contributed by atoms with Gasteiger partial charge >= 0.3 is 0 Å².